The van der Waals surface area contributed by atoms with Crippen molar-refractivity contribution in [2.75, 3.05) is 0 Å². The Hall–Kier alpha value is -0.480. The van der Waals surface area contributed by atoms with Crippen LogP contribution in [0.3, 0.4) is 0 Å². The third kappa shape index (κ3) is 2.12. The molecule has 1 nitrogen and oxygen atoms in total. The molecule has 0 spiro atoms. The van der Waals surface area contributed by atoms with Crippen molar-refractivity contribution in [1.29, 1.82) is 0 Å². The summed E-state index contributed by atoms with van der Waals surface area (Å²) in [6, 6.07) is 5.18. The number of nitrogens with two attached hydrogens (primary N) is 1. The van der Waals surface area contributed by atoms with Gasteiger partial charge in [-0.3, -0.25) is 0 Å². The van der Waals surface area contributed by atoms with Gasteiger partial charge in [-0.25, -0.2) is 8.78 Å². The quantitative estimate of drug-likeness (QED) is 0.872. The van der Waals surface area contributed by atoms with Crippen LogP contribution < -0.4 is 5.73 Å². The summed E-state index contributed by atoms with van der Waals surface area (Å²) in [4.78, 5) is 0. The van der Waals surface area contributed by atoms with Gasteiger partial charge in [0.25, 0.3) is 6.43 Å². The van der Waals surface area contributed by atoms with E-state index in [9.17, 15) is 8.78 Å². The zero-order valence-electron chi connectivity index (χ0n) is 8.02. The van der Waals surface area contributed by atoms with E-state index >= 15 is 0 Å². The van der Waals surface area contributed by atoms with Crippen LogP contribution in [0.15, 0.2) is 22.7 Å². The van der Waals surface area contributed by atoms with Gasteiger partial charge in [-0.05, 0) is 31.0 Å². The van der Waals surface area contributed by atoms with Crippen LogP contribution in [0.25, 0.3) is 0 Å². The average molecular weight is 264 g/mol. The van der Waals surface area contributed by atoms with Crippen LogP contribution in [0, 0.1) is 6.92 Å². The fourth-order valence-corrected chi connectivity index (χ4v) is 2.09. The Morgan fingerprint density at radius 1 is 1.43 bits per heavy atom. The topological polar surface area (TPSA) is 26.0 Å². The molecule has 14 heavy (non-hydrogen) atoms. The predicted molar refractivity (Wildman–Crippen MR) is 56.4 cm³/mol. The summed E-state index contributed by atoms with van der Waals surface area (Å²) < 4.78 is 25.9. The van der Waals surface area contributed by atoms with Gasteiger partial charge in [-0.1, -0.05) is 28.1 Å². The molecule has 1 rings (SSSR count). The number of benzene rings is 1. The first kappa shape index (κ1) is 11.6. The molecule has 0 aliphatic heterocycles. The molecule has 0 bridgehead atoms. The van der Waals surface area contributed by atoms with E-state index < -0.39 is 12.0 Å². The maximum atomic E-state index is 12.6. The largest absolute Gasteiger partial charge is 0.317 e. The summed E-state index contributed by atoms with van der Waals surface area (Å²) >= 11 is 3.24. The maximum absolute atomic E-state index is 12.6. The van der Waals surface area contributed by atoms with E-state index in [0.717, 1.165) is 5.56 Å². The second kappa shape index (κ2) is 3.95. The van der Waals surface area contributed by atoms with Gasteiger partial charge in [0, 0.05) is 4.47 Å². The molecule has 0 radical (unpaired) electrons. The molecule has 1 aromatic rings. The van der Waals surface area contributed by atoms with Gasteiger partial charge < -0.3 is 5.73 Å². The molecule has 78 valence electrons. The molecular formula is C10H12BrF2N. The lowest BCUT2D eigenvalue weighted by molar-refractivity contribution is 0.0621. The Balaban J connectivity index is 3.19. The second-order valence-corrected chi connectivity index (χ2v) is 4.42. The molecule has 0 aliphatic rings. The second-order valence-electron chi connectivity index (χ2n) is 3.57. The van der Waals surface area contributed by atoms with E-state index in [1.54, 1.807) is 18.2 Å². The highest BCUT2D eigenvalue weighted by Gasteiger charge is 2.33. The molecule has 1 aromatic carbocycles. The molecule has 0 fully saturated rings. The molecule has 4 heteroatoms. The molecule has 0 saturated heterocycles. The highest BCUT2D eigenvalue weighted by molar-refractivity contribution is 9.10. The first-order valence-corrected chi connectivity index (χ1v) is 4.98. The first-order valence-electron chi connectivity index (χ1n) is 4.19. The van der Waals surface area contributed by atoms with Gasteiger partial charge in [0.1, 0.15) is 5.54 Å². The number of hydrogen-bond donors (Lipinski definition) is 1. The summed E-state index contributed by atoms with van der Waals surface area (Å²) in [7, 11) is 0. The summed E-state index contributed by atoms with van der Waals surface area (Å²) in [5.41, 5.74) is 5.38. The van der Waals surface area contributed by atoms with E-state index in [1.165, 1.54) is 6.92 Å². The van der Waals surface area contributed by atoms with Crippen molar-refractivity contribution in [1.82, 2.24) is 0 Å². The van der Waals surface area contributed by atoms with Crippen molar-refractivity contribution in [2.45, 2.75) is 25.8 Å². The van der Waals surface area contributed by atoms with Crippen LogP contribution in [0.4, 0.5) is 8.78 Å². The van der Waals surface area contributed by atoms with Crippen molar-refractivity contribution < 1.29 is 8.78 Å². The van der Waals surface area contributed by atoms with E-state index in [2.05, 4.69) is 15.9 Å². The van der Waals surface area contributed by atoms with Crippen LogP contribution >= 0.6 is 15.9 Å². The number of alkyl halides is 2. The van der Waals surface area contributed by atoms with Crippen LogP contribution in [0.5, 0.6) is 0 Å². The molecule has 0 heterocycles. The molecule has 0 aliphatic carbocycles. The van der Waals surface area contributed by atoms with E-state index in [1.807, 2.05) is 6.92 Å². The Morgan fingerprint density at radius 3 is 2.43 bits per heavy atom. The van der Waals surface area contributed by atoms with Gasteiger partial charge >= 0.3 is 0 Å². The minimum absolute atomic E-state index is 0.429. The van der Waals surface area contributed by atoms with Crippen molar-refractivity contribution in [3.8, 4) is 0 Å². The number of hydrogen-bond acceptors (Lipinski definition) is 1. The van der Waals surface area contributed by atoms with Crippen molar-refractivity contribution >= 4 is 15.9 Å². The smallest absolute Gasteiger partial charge is 0.260 e. The van der Waals surface area contributed by atoms with Crippen molar-refractivity contribution in [3.63, 3.8) is 0 Å². The van der Waals surface area contributed by atoms with Crippen LogP contribution in [0.1, 0.15) is 18.1 Å². The lowest BCUT2D eigenvalue weighted by atomic mass is 9.93. The van der Waals surface area contributed by atoms with Gasteiger partial charge in [0.2, 0.25) is 0 Å². The van der Waals surface area contributed by atoms with Gasteiger partial charge in [0.05, 0.1) is 0 Å². The van der Waals surface area contributed by atoms with E-state index in [-0.39, 0.29) is 0 Å². The highest BCUT2D eigenvalue weighted by atomic mass is 79.9. The summed E-state index contributed by atoms with van der Waals surface area (Å²) in [6.07, 6.45) is -2.58. The lowest BCUT2D eigenvalue weighted by Gasteiger charge is -2.25. The average Bonchev–Trinajstić information content (AvgIpc) is 2.02. The Morgan fingerprint density at radius 2 is 2.00 bits per heavy atom. The molecule has 1 atom stereocenters. The fraction of sp³-hybridized carbons (Fsp3) is 0.400. The standard InChI is InChI=1S/C10H12BrF2N/c1-6-3-4-7(8(11)5-6)10(2,14)9(12)13/h3-5,9H,14H2,1-2H3. The van der Waals surface area contributed by atoms with Crippen molar-refractivity contribution in [2.24, 2.45) is 5.73 Å². The molecule has 0 aromatic heterocycles. The maximum Gasteiger partial charge on any atom is 0.260 e. The lowest BCUT2D eigenvalue weighted by Crippen LogP contribution is -2.40. The Kier molecular flexibility index (Phi) is 3.27. The number of halogens is 3. The molecule has 2 N–H and O–H groups in total. The fourth-order valence-electron chi connectivity index (χ4n) is 1.17. The third-order valence-electron chi connectivity index (χ3n) is 2.16. The summed E-state index contributed by atoms with van der Waals surface area (Å²) in [6.45, 7) is 3.22. The number of aryl methyl sites for hydroxylation is 1. The van der Waals surface area contributed by atoms with Gasteiger partial charge in [-0.2, -0.15) is 0 Å². The molecule has 0 amide bonds. The van der Waals surface area contributed by atoms with Gasteiger partial charge in [0.15, 0.2) is 0 Å². The Bertz CT molecular complexity index is 337. The normalized spacial score (nSPS) is 15.6. The third-order valence-corrected chi connectivity index (χ3v) is 2.81. The predicted octanol–water partition coefficient (Wildman–Crippen LogP) is 3.20. The first-order chi connectivity index (χ1) is 6.35. The Labute approximate surface area is 90.4 Å². The highest BCUT2D eigenvalue weighted by Crippen LogP contribution is 2.31. The molecular weight excluding hydrogens is 252 g/mol. The van der Waals surface area contributed by atoms with Gasteiger partial charge in [-0.15, -0.1) is 0 Å². The molecule has 1 unspecified atom stereocenters. The van der Waals surface area contributed by atoms with E-state index in [0.29, 0.717) is 10.0 Å². The van der Waals surface area contributed by atoms with Crippen molar-refractivity contribution in [3.05, 3.63) is 33.8 Å². The minimum Gasteiger partial charge on any atom is -0.317 e. The van der Waals surface area contributed by atoms with Crippen LogP contribution in [-0.2, 0) is 5.54 Å². The number of rotatable bonds is 2. The monoisotopic (exact) mass is 263 g/mol. The SMILES string of the molecule is Cc1ccc(C(C)(N)C(F)F)c(Br)c1. The van der Waals surface area contributed by atoms with Crippen LogP contribution in [0.2, 0.25) is 0 Å². The van der Waals surface area contributed by atoms with Crippen LogP contribution in [-0.4, -0.2) is 6.43 Å². The van der Waals surface area contributed by atoms with E-state index in [4.69, 9.17) is 5.73 Å². The minimum atomic E-state index is -2.58. The molecule has 0 saturated carbocycles. The zero-order valence-corrected chi connectivity index (χ0v) is 9.61. The summed E-state index contributed by atoms with van der Waals surface area (Å²) in [5.74, 6) is 0. The zero-order chi connectivity index (χ0) is 10.9. The summed E-state index contributed by atoms with van der Waals surface area (Å²) in [5, 5.41) is 0.